The van der Waals surface area contributed by atoms with Gasteiger partial charge in [-0.25, -0.2) is 0 Å². The molecule has 0 aliphatic heterocycles. The second-order valence-corrected chi connectivity index (χ2v) is 14.4. The van der Waals surface area contributed by atoms with Gasteiger partial charge in [-0.15, -0.1) is 0 Å². The Bertz CT molecular complexity index is 3060. The van der Waals surface area contributed by atoms with Crippen molar-refractivity contribution in [3.63, 3.8) is 0 Å². The molecule has 0 bridgehead atoms. The van der Waals surface area contributed by atoms with Gasteiger partial charge in [0, 0.05) is 50.3 Å². The van der Waals surface area contributed by atoms with Crippen LogP contribution in [-0.4, -0.2) is 0 Å². The van der Waals surface area contributed by atoms with Gasteiger partial charge < -0.3 is 13.7 Å². The lowest BCUT2D eigenvalue weighted by Crippen LogP contribution is -2.15. The summed E-state index contributed by atoms with van der Waals surface area (Å²) in [4.78, 5) is 2.41. The number of nitrogens with zero attached hydrogens (tertiary/aromatic N) is 1. The molecule has 0 radical (unpaired) electrons. The first-order chi connectivity index (χ1) is 27.3. The zero-order valence-electron chi connectivity index (χ0n) is 30.0. The maximum Gasteiger partial charge on any atom is 0.143 e. The monoisotopic (exact) mass is 705 g/mol. The van der Waals surface area contributed by atoms with Gasteiger partial charge in [-0.1, -0.05) is 140 Å². The number of para-hydroxylation sites is 3. The molecule has 260 valence electrons. The molecule has 0 fully saturated rings. The van der Waals surface area contributed by atoms with E-state index in [0.717, 1.165) is 67.9 Å². The highest BCUT2D eigenvalue weighted by Gasteiger charge is 2.29. The Hall–Kier alpha value is -7.10. The second kappa shape index (κ2) is 12.8. The number of fused-ring (bicyclic) bond motifs is 7. The van der Waals surface area contributed by atoms with Gasteiger partial charge >= 0.3 is 0 Å². The molecule has 0 amide bonds. The van der Waals surface area contributed by atoms with Crippen molar-refractivity contribution in [2.24, 2.45) is 0 Å². The molecule has 3 nitrogen and oxygen atoms in total. The molecule has 8 aromatic carbocycles. The molecule has 10 aromatic rings. The minimum Gasteiger partial charge on any atom is -0.456 e. The van der Waals surface area contributed by atoms with Crippen LogP contribution in [0.5, 0.6) is 0 Å². The summed E-state index contributed by atoms with van der Waals surface area (Å²) >= 11 is 0. The van der Waals surface area contributed by atoms with Gasteiger partial charge in [0.25, 0.3) is 0 Å². The normalized spacial score (nSPS) is 13.9. The fraction of sp³-hybridized carbons (Fsp3) is 0.0385. The molecule has 1 aliphatic carbocycles. The van der Waals surface area contributed by atoms with E-state index in [1.807, 2.05) is 12.1 Å². The number of rotatable bonds is 6. The fourth-order valence-corrected chi connectivity index (χ4v) is 8.63. The van der Waals surface area contributed by atoms with Crippen LogP contribution in [0.25, 0.3) is 72.0 Å². The van der Waals surface area contributed by atoms with Gasteiger partial charge in [-0.05, 0) is 94.1 Å². The highest BCUT2D eigenvalue weighted by molar-refractivity contribution is 6.09. The van der Waals surface area contributed by atoms with Crippen LogP contribution in [0.3, 0.4) is 0 Å². The molecule has 11 rings (SSSR count). The van der Waals surface area contributed by atoms with Crippen molar-refractivity contribution in [1.82, 2.24) is 0 Å². The van der Waals surface area contributed by atoms with Gasteiger partial charge in [0.1, 0.15) is 22.5 Å². The van der Waals surface area contributed by atoms with Crippen LogP contribution in [0.4, 0.5) is 17.1 Å². The molecule has 1 aliphatic rings. The Morgan fingerprint density at radius 2 is 1.13 bits per heavy atom. The predicted molar refractivity (Wildman–Crippen MR) is 228 cm³/mol. The van der Waals surface area contributed by atoms with E-state index in [9.17, 15) is 0 Å². The number of allylic oxidation sites excluding steroid dienone is 1. The lowest BCUT2D eigenvalue weighted by Gasteiger charge is -2.31. The van der Waals surface area contributed by atoms with Crippen molar-refractivity contribution in [2.45, 2.75) is 12.3 Å². The number of anilines is 3. The van der Waals surface area contributed by atoms with E-state index in [1.165, 1.54) is 38.4 Å². The first kappa shape index (κ1) is 31.4. The Balaban J connectivity index is 1.06. The Morgan fingerprint density at radius 3 is 1.95 bits per heavy atom. The average molecular weight is 706 g/mol. The first-order valence-corrected chi connectivity index (χ1v) is 18.9. The van der Waals surface area contributed by atoms with E-state index in [2.05, 4.69) is 187 Å². The molecular weight excluding hydrogens is 671 g/mol. The van der Waals surface area contributed by atoms with Crippen LogP contribution in [0, 0.1) is 0 Å². The van der Waals surface area contributed by atoms with Gasteiger partial charge in [0.2, 0.25) is 0 Å². The van der Waals surface area contributed by atoms with Crippen LogP contribution in [-0.2, 0) is 0 Å². The summed E-state index contributed by atoms with van der Waals surface area (Å²) in [5.74, 6) is 1.05. The lowest BCUT2D eigenvalue weighted by atomic mass is 9.82. The van der Waals surface area contributed by atoms with Crippen molar-refractivity contribution >= 4 is 66.8 Å². The molecule has 55 heavy (non-hydrogen) atoms. The average Bonchev–Trinajstić information content (AvgIpc) is 3.82. The Labute approximate surface area is 319 Å². The zero-order valence-corrected chi connectivity index (χ0v) is 30.0. The largest absolute Gasteiger partial charge is 0.456 e. The van der Waals surface area contributed by atoms with E-state index in [0.29, 0.717) is 0 Å². The summed E-state index contributed by atoms with van der Waals surface area (Å²) in [7, 11) is 0. The van der Waals surface area contributed by atoms with E-state index in [-0.39, 0.29) is 5.92 Å². The lowest BCUT2D eigenvalue weighted by molar-refractivity contribution is 0.590. The molecule has 3 heteroatoms. The van der Waals surface area contributed by atoms with Gasteiger partial charge in [0.15, 0.2) is 0 Å². The van der Waals surface area contributed by atoms with Crippen LogP contribution >= 0.6 is 0 Å². The van der Waals surface area contributed by atoms with Crippen LogP contribution in [0.2, 0.25) is 0 Å². The summed E-state index contributed by atoms with van der Waals surface area (Å²) in [5.41, 5.74) is 13.2. The molecule has 0 spiro atoms. The summed E-state index contributed by atoms with van der Waals surface area (Å²) in [5, 5.41) is 5.86. The maximum atomic E-state index is 6.57. The molecule has 0 saturated heterocycles. The highest BCUT2D eigenvalue weighted by Crippen LogP contribution is 2.48. The maximum absolute atomic E-state index is 6.57. The molecule has 1 unspecified atom stereocenters. The molecular formula is C52H35NO2. The SMILES string of the molecule is C1=Cc2oc3cc4ccccc4cc3c2C(c2ccccc2N(c2ccc(-c3ccccc3)cc2)c2ccc(-c3cccc4c3oc3ccccc34)cc2)C1. The van der Waals surface area contributed by atoms with Gasteiger partial charge in [0.05, 0.1) is 0 Å². The van der Waals surface area contributed by atoms with Crippen molar-refractivity contribution in [3.8, 4) is 22.3 Å². The molecule has 2 heterocycles. The van der Waals surface area contributed by atoms with Gasteiger partial charge in [-0.2, -0.15) is 0 Å². The van der Waals surface area contributed by atoms with Crippen molar-refractivity contribution in [3.05, 3.63) is 205 Å². The smallest absolute Gasteiger partial charge is 0.143 e. The minimum atomic E-state index is 0.106. The van der Waals surface area contributed by atoms with E-state index in [4.69, 9.17) is 8.83 Å². The first-order valence-electron chi connectivity index (χ1n) is 18.9. The third-order valence-electron chi connectivity index (χ3n) is 11.2. The summed E-state index contributed by atoms with van der Waals surface area (Å²) in [6, 6.07) is 65.1. The van der Waals surface area contributed by atoms with E-state index < -0.39 is 0 Å². The number of hydrogen-bond acceptors (Lipinski definition) is 3. The fourth-order valence-electron chi connectivity index (χ4n) is 8.63. The second-order valence-electron chi connectivity index (χ2n) is 14.4. The summed E-state index contributed by atoms with van der Waals surface area (Å²) < 4.78 is 13.0. The number of benzene rings is 8. The number of hydrogen-bond donors (Lipinski definition) is 0. The van der Waals surface area contributed by atoms with Crippen LogP contribution < -0.4 is 4.90 Å². The predicted octanol–water partition coefficient (Wildman–Crippen LogP) is 14.8. The summed E-state index contributed by atoms with van der Waals surface area (Å²) in [6.07, 6.45) is 5.30. The summed E-state index contributed by atoms with van der Waals surface area (Å²) in [6.45, 7) is 0. The highest BCUT2D eigenvalue weighted by atomic mass is 16.3. The minimum absolute atomic E-state index is 0.106. The molecule has 0 N–H and O–H groups in total. The van der Waals surface area contributed by atoms with Crippen molar-refractivity contribution < 1.29 is 8.83 Å². The van der Waals surface area contributed by atoms with Crippen LogP contribution in [0.15, 0.2) is 197 Å². The van der Waals surface area contributed by atoms with Crippen LogP contribution in [0.1, 0.15) is 29.2 Å². The molecule has 2 aromatic heterocycles. The molecule has 0 saturated carbocycles. The number of furan rings is 2. The topological polar surface area (TPSA) is 29.5 Å². The van der Waals surface area contributed by atoms with E-state index in [1.54, 1.807) is 0 Å². The standard InChI is InChI=1S/C52H35NO2/c1-2-12-34(13-3-1)35-24-28-39(29-25-35)53(40-30-26-36(27-31-40)41-18-10-20-45-43-17-7-9-22-48(43)55-52(41)45)47-21-8-6-16-42(47)44-19-11-23-49-51(44)46-32-37-14-4-5-15-38(37)33-50(46)54-49/h1-18,20-33,44H,19H2. The Morgan fingerprint density at radius 1 is 0.473 bits per heavy atom. The van der Waals surface area contributed by atoms with E-state index >= 15 is 0 Å². The Kier molecular flexibility index (Phi) is 7.31. The van der Waals surface area contributed by atoms with Crippen molar-refractivity contribution in [1.29, 1.82) is 0 Å². The molecule has 1 atom stereocenters. The third-order valence-corrected chi connectivity index (χ3v) is 11.2. The zero-order chi connectivity index (χ0) is 36.3. The quantitative estimate of drug-likeness (QED) is 0.172. The third kappa shape index (κ3) is 5.27. The van der Waals surface area contributed by atoms with Crippen molar-refractivity contribution in [2.75, 3.05) is 4.90 Å². The van der Waals surface area contributed by atoms with Gasteiger partial charge in [-0.3, -0.25) is 0 Å².